The zero-order valence-electron chi connectivity index (χ0n) is 11.6. The molecule has 0 atom stereocenters. The first-order valence-electron chi connectivity index (χ1n) is 6.55. The number of hydrogen-bond donors (Lipinski definition) is 1. The van der Waals surface area contributed by atoms with Gasteiger partial charge >= 0.3 is 5.97 Å². The molecule has 110 valence electrons. The van der Waals surface area contributed by atoms with Crippen LogP contribution in [0.4, 0.5) is 5.69 Å². The van der Waals surface area contributed by atoms with Crippen molar-refractivity contribution in [3.63, 3.8) is 0 Å². The van der Waals surface area contributed by atoms with E-state index in [-0.39, 0.29) is 18.9 Å². The molecule has 0 saturated heterocycles. The zero-order chi connectivity index (χ0) is 15.9. The second-order valence-electron chi connectivity index (χ2n) is 4.50. The van der Waals surface area contributed by atoms with Gasteiger partial charge in [-0.15, -0.1) is 0 Å². The number of aliphatic carboxylic acids is 1. The van der Waals surface area contributed by atoms with Gasteiger partial charge in [0.25, 0.3) is 5.91 Å². The van der Waals surface area contributed by atoms with Crippen molar-refractivity contribution in [3.05, 3.63) is 59.9 Å². The number of nitrogens with zero attached hydrogens (tertiary/aromatic N) is 3. The molecule has 0 aliphatic carbocycles. The monoisotopic (exact) mass is 295 g/mol. The van der Waals surface area contributed by atoms with Crippen LogP contribution in [0, 0.1) is 11.3 Å². The fraction of sp³-hybridized carbons (Fsp3) is 0.125. The predicted molar refractivity (Wildman–Crippen MR) is 79.3 cm³/mol. The van der Waals surface area contributed by atoms with Gasteiger partial charge in [0, 0.05) is 30.2 Å². The fourth-order valence-electron chi connectivity index (χ4n) is 1.95. The number of amides is 1. The third-order valence-electron chi connectivity index (χ3n) is 3.01. The summed E-state index contributed by atoms with van der Waals surface area (Å²) in [6.45, 7) is 0.0192. The summed E-state index contributed by atoms with van der Waals surface area (Å²) >= 11 is 0. The highest BCUT2D eigenvalue weighted by Gasteiger charge is 2.19. The van der Waals surface area contributed by atoms with Crippen LogP contribution in [0.15, 0.2) is 48.8 Å². The zero-order valence-corrected chi connectivity index (χ0v) is 11.6. The number of anilines is 1. The molecule has 0 unspecified atom stereocenters. The lowest BCUT2D eigenvalue weighted by Gasteiger charge is -2.22. The highest BCUT2D eigenvalue weighted by atomic mass is 16.4. The summed E-state index contributed by atoms with van der Waals surface area (Å²) in [5.74, 6) is -1.33. The van der Waals surface area contributed by atoms with Gasteiger partial charge in [0.05, 0.1) is 18.1 Å². The second-order valence-corrected chi connectivity index (χ2v) is 4.50. The SMILES string of the molecule is N#Cc1cccc(N(CCC(=O)O)C(=O)c2ccncc2)c1. The lowest BCUT2D eigenvalue weighted by Crippen LogP contribution is -2.33. The molecule has 22 heavy (non-hydrogen) atoms. The van der Waals surface area contributed by atoms with E-state index in [4.69, 9.17) is 10.4 Å². The normalized spacial score (nSPS) is 9.77. The summed E-state index contributed by atoms with van der Waals surface area (Å²) in [4.78, 5) is 28.6. The number of carbonyl (C=O) groups excluding carboxylic acids is 1. The van der Waals surface area contributed by atoms with Gasteiger partial charge in [-0.3, -0.25) is 14.6 Å². The maximum absolute atomic E-state index is 12.6. The number of aromatic nitrogens is 1. The quantitative estimate of drug-likeness (QED) is 0.911. The van der Waals surface area contributed by atoms with E-state index in [2.05, 4.69) is 4.98 Å². The minimum absolute atomic E-state index is 0.0192. The fourth-order valence-corrected chi connectivity index (χ4v) is 1.95. The molecule has 1 N–H and O–H groups in total. The molecule has 1 amide bonds. The molecule has 0 bridgehead atoms. The van der Waals surface area contributed by atoms with Crippen molar-refractivity contribution in [1.29, 1.82) is 5.26 Å². The van der Waals surface area contributed by atoms with E-state index in [0.717, 1.165) is 0 Å². The average Bonchev–Trinajstić information content (AvgIpc) is 2.55. The third kappa shape index (κ3) is 3.67. The van der Waals surface area contributed by atoms with Crippen molar-refractivity contribution in [3.8, 4) is 6.07 Å². The molecule has 0 fully saturated rings. The number of rotatable bonds is 5. The van der Waals surface area contributed by atoms with E-state index < -0.39 is 5.97 Å². The highest BCUT2D eigenvalue weighted by Crippen LogP contribution is 2.19. The van der Waals surface area contributed by atoms with Gasteiger partial charge in [0.15, 0.2) is 0 Å². The first-order chi connectivity index (χ1) is 10.6. The molecular weight excluding hydrogens is 282 g/mol. The molecule has 6 nitrogen and oxygen atoms in total. The molecule has 1 aromatic carbocycles. The minimum atomic E-state index is -0.996. The molecule has 6 heteroatoms. The summed E-state index contributed by atoms with van der Waals surface area (Å²) in [6, 6.07) is 11.6. The Morgan fingerprint density at radius 1 is 1.23 bits per heavy atom. The van der Waals surface area contributed by atoms with Gasteiger partial charge in [0.1, 0.15) is 0 Å². The van der Waals surface area contributed by atoms with Gasteiger partial charge in [-0.25, -0.2) is 0 Å². The Kier molecular flexibility index (Phi) is 4.83. The Morgan fingerprint density at radius 3 is 2.59 bits per heavy atom. The van der Waals surface area contributed by atoms with Crippen LogP contribution in [0.5, 0.6) is 0 Å². The molecule has 2 aromatic rings. The second kappa shape index (κ2) is 6.99. The third-order valence-corrected chi connectivity index (χ3v) is 3.01. The van der Waals surface area contributed by atoms with Crippen molar-refractivity contribution < 1.29 is 14.7 Å². The summed E-state index contributed by atoms with van der Waals surface area (Å²) in [6.07, 6.45) is 2.80. The van der Waals surface area contributed by atoms with Crippen LogP contribution >= 0.6 is 0 Å². The lowest BCUT2D eigenvalue weighted by atomic mass is 10.1. The minimum Gasteiger partial charge on any atom is -0.481 e. The smallest absolute Gasteiger partial charge is 0.305 e. The number of hydrogen-bond acceptors (Lipinski definition) is 4. The van der Waals surface area contributed by atoms with Crippen LogP contribution in [0.3, 0.4) is 0 Å². The van der Waals surface area contributed by atoms with E-state index in [9.17, 15) is 9.59 Å². The topological polar surface area (TPSA) is 94.3 Å². The van der Waals surface area contributed by atoms with Crippen molar-refractivity contribution in [1.82, 2.24) is 4.98 Å². The Balaban J connectivity index is 2.35. The number of carboxylic acid groups (broad SMARTS) is 1. The maximum Gasteiger partial charge on any atom is 0.305 e. The van der Waals surface area contributed by atoms with Crippen LogP contribution in [-0.4, -0.2) is 28.5 Å². The summed E-state index contributed by atoms with van der Waals surface area (Å²) < 4.78 is 0. The first-order valence-corrected chi connectivity index (χ1v) is 6.55. The van der Waals surface area contributed by atoms with Gasteiger partial charge in [-0.05, 0) is 30.3 Å². The maximum atomic E-state index is 12.6. The van der Waals surface area contributed by atoms with Crippen molar-refractivity contribution in [2.75, 3.05) is 11.4 Å². The van der Waals surface area contributed by atoms with Gasteiger partial charge in [0.2, 0.25) is 0 Å². The summed E-state index contributed by atoms with van der Waals surface area (Å²) in [5, 5.41) is 17.8. The molecule has 2 rings (SSSR count). The molecular formula is C16H13N3O3. The van der Waals surface area contributed by atoms with Gasteiger partial charge in [-0.2, -0.15) is 5.26 Å². The Morgan fingerprint density at radius 2 is 1.95 bits per heavy atom. The standard InChI is InChI=1S/C16H13N3O3/c17-11-12-2-1-3-14(10-12)19(9-6-15(20)21)16(22)13-4-7-18-8-5-13/h1-5,7-8,10H,6,9H2,(H,20,21). The van der Waals surface area contributed by atoms with E-state index in [1.54, 1.807) is 36.4 Å². The van der Waals surface area contributed by atoms with Gasteiger partial charge < -0.3 is 10.0 Å². The number of nitriles is 1. The van der Waals surface area contributed by atoms with E-state index in [1.807, 2.05) is 6.07 Å². The number of carbonyl (C=O) groups is 2. The largest absolute Gasteiger partial charge is 0.481 e. The van der Waals surface area contributed by atoms with Crippen LogP contribution in [0.2, 0.25) is 0 Å². The number of benzene rings is 1. The Bertz CT molecular complexity index is 723. The van der Waals surface area contributed by atoms with E-state index in [0.29, 0.717) is 16.8 Å². The Labute approximate surface area is 127 Å². The Hall–Kier alpha value is -3.20. The first kappa shape index (κ1) is 15.2. The molecule has 0 saturated carbocycles. The molecule has 1 aromatic heterocycles. The molecule has 0 radical (unpaired) electrons. The van der Waals surface area contributed by atoms with Crippen LogP contribution in [0.1, 0.15) is 22.3 Å². The number of pyridine rings is 1. The van der Waals surface area contributed by atoms with E-state index >= 15 is 0 Å². The van der Waals surface area contributed by atoms with Crippen molar-refractivity contribution in [2.24, 2.45) is 0 Å². The van der Waals surface area contributed by atoms with Crippen molar-refractivity contribution >= 4 is 17.6 Å². The predicted octanol–water partition coefficient (Wildman–Crippen LogP) is 2.07. The van der Waals surface area contributed by atoms with Gasteiger partial charge in [-0.1, -0.05) is 6.07 Å². The van der Waals surface area contributed by atoms with Crippen molar-refractivity contribution in [2.45, 2.75) is 6.42 Å². The summed E-state index contributed by atoms with van der Waals surface area (Å²) in [5.41, 5.74) is 1.30. The molecule has 0 aliphatic heterocycles. The average molecular weight is 295 g/mol. The molecule has 0 aliphatic rings. The van der Waals surface area contributed by atoms with Crippen LogP contribution in [-0.2, 0) is 4.79 Å². The number of carboxylic acids is 1. The van der Waals surface area contributed by atoms with Crippen LogP contribution < -0.4 is 4.90 Å². The molecule has 1 heterocycles. The molecule has 0 spiro atoms. The summed E-state index contributed by atoms with van der Waals surface area (Å²) in [7, 11) is 0. The highest BCUT2D eigenvalue weighted by molar-refractivity contribution is 6.06. The van der Waals surface area contributed by atoms with Crippen LogP contribution in [0.25, 0.3) is 0 Å². The lowest BCUT2D eigenvalue weighted by molar-refractivity contribution is -0.136. The van der Waals surface area contributed by atoms with E-state index in [1.165, 1.54) is 17.3 Å².